The zero-order valence-corrected chi connectivity index (χ0v) is 24.6. The smallest absolute Gasteiger partial charge is 0.281 e. The summed E-state index contributed by atoms with van der Waals surface area (Å²) in [5.41, 5.74) is 0.511. The molecule has 2 fully saturated rings. The van der Waals surface area contributed by atoms with Crippen LogP contribution in [0.5, 0.6) is 0 Å². The fourth-order valence-corrected chi connectivity index (χ4v) is 7.39. The molecule has 3 unspecified atom stereocenters. The number of aromatic nitrogens is 2. The molecule has 11 heteroatoms. The van der Waals surface area contributed by atoms with Crippen LogP contribution in [-0.2, 0) is 20.2 Å². The molecular weight excluding hydrogens is 530 g/mol. The summed E-state index contributed by atoms with van der Waals surface area (Å²) < 4.78 is 28.8. The summed E-state index contributed by atoms with van der Waals surface area (Å²) in [6.07, 6.45) is 3.62. The molecule has 1 saturated carbocycles. The maximum atomic E-state index is 13.6. The predicted octanol–water partition coefficient (Wildman–Crippen LogP) is 3.41. The maximum Gasteiger partial charge on any atom is 0.281 e. The number of aliphatic hydroxyl groups excluding tert-OH is 1. The van der Waals surface area contributed by atoms with Gasteiger partial charge in [-0.3, -0.25) is 9.59 Å². The molecule has 10 nitrogen and oxygen atoms in total. The van der Waals surface area contributed by atoms with Crippen LogP contribution in [0.1, 0.15) is 82.8 Å². The second-order valence-corrected chi connectivity index (χ2v) is 14.9. The van der Waals surface area contributed by atoms with Gasteiger partial charge in [0, 0.05) is 35.7 Å². The highest BCUT2D eigenvalue weighted by atomic mass is 32.2. The molecule has 0 aromatic carbocycles. The van der Waals surface area contributed by atoms with E-state index in [4.69, 9.17) is 4.98 Å². The fourth-order valence-electron chi connectivity index (χ4n) is 6.45. The highest BCUT2D eigenvalue weighted by Crippen LogP contribution is 2.64. The molecule has 1 aliphatic carbocycles. The lowest BCUT2D eigenvalue weighted by Gasteiger charge is -2.34. The van der Waals surface area contributed by atoms with Gasteiger partial charge in [0.25, 0.3) is 15.9 Å². The van der Waals surface area contributed by atoms with Crippen molar-refractivity contribution in [2.24, 2.45) is 11.3 Å². The van der Waals surface area contributed by atoms with Crippen molar-refractivity contribution in [1.29, 1.82) is 0 Å². The summed E-state index contributed by atoms with van der Waals surface area (Å²) >= 11 is 0. The van der Waals surface area contributed by atoms with E-state index in [-0.39, 0.29) is 51.0 Å². The van der Waals surface area contributed by atoms with Crippen LogP contribution in [0.2, 0.25) is 0 Å². The normalized spacial score (nSPS) is 27.1. The zero-order valence-electron chi connectivity index (χ0n) is 23.8. The lowest BCUT2D eigenvalue weighted by molar-refractivity contribution is -0.122. The number of rotatable bonds is 3. The predicted molar refractivity (Wildman–Crippen MR) is 152 cm³/mol. The van der Waals surface area contributed by atoms with Crippen molar-refractivity contribution in [3.63, 3.8) is 0 Å². The van der Waals surface area contributed by atoms with Gasteiger partial charge in [-0.25, -0.2) is 14.7 Å². The van der Waals surface area contributed by atoms with Gasteiger partial charge in [0.15, 0.2) is 10.8 Å². The number of carbonyl (C=O) groups excluding carboxylic acids is 2. The van der Waals surface area contributed by atoms with Crippen molar-refractivity contribution in [2.75, 3.05) is 23.4 Å². The van der Waals surface area contributed by atoms with Gasteiger partial charge in [0.2, 0.25) is 0 Å². The average Bonchev–Trinajstić information content (AvgIpc) is 3.46. The first-order valence-corrected chi connectivity index (χ1v) is 15.3. The molecule has 5 rings (SSSR count). The number of Topliss-reactive ketones (excluding diaryl/α,β-unsaturated/α-hetero) is 1. The number of nitrogens with one attached hydrogen (secondary N) is 2. The number of ketones is 1. The third-order valence-corrected chi connectivity index (χ3v) is 9.82. The van der Waals surface area contributed by atoms with Crippen LogP contribution in [0.4, 0.5) is 11.6 Å². The van der Waals surface area contributed by atoms with Gasteiger partial charge in [0.05, 0.1) is 5.56 Å². The van der Waals surface area contributed by atoms with Gasteiger partial charge in [-0.1, -0.05) is 26.8 Å². The van der Waals surface area contributed by atoms with E-state index in [2.05, 4.69) is 54.5 Å². The Morgan fingerprint density at radius 2 is 1.90 bits per heavy atom. The van der Waals surface area contributed by atoms with E-state index in [9.17, 15) is 23.1 Å². The Hall–Kier alpha value is -3.05. The zero-order chi connectivity index (χ0) is 29.1. The van der Waals surface area contributed by atoms with Crippen LogP contribution < -0.4 is 14.9 Å². The van der Waals surface area contributed by atoms with Gasteiger partial charge in [0.1, 0.15) is 18.2 Å². The Bertz CT molecular complexity index is 1450. The van der Waals surface area contributed by atoms with Gasteiger partial charge < -0.3 is 15.3 Å². The summed E-state index contributed by atoms with van der Waals surface area (Å²) in [6, 6.07) is 7.64. The van der Waals surface area contributed by atoms with Crippen LogP contribution in [-0.4, -0.2) is 59.9 Å². The van der Waals surface area contributed by atoms with Crippen molar-refractivity contribution in [2.45, 2.75) is 88.7 Å². The maximum absolute atomic E-state index is 13.6. The Kier molecular flexibility index (Phi) is 6.97. The standard InChI is InChI=1S/C29H39N5O5S/c1-27(2,3)22-12-11-21-25(31-22)34-17-29(16-28(34,4)5)14-18(29)9-10-19(13-20(36)15-35)30-23-7-6-8-24(32-23)40(38,39)33-26(21)37/h6-8,11-12,18-19,35H,9-10,13-17H2,1-5H3,(H,30,32)(H,33,37). The molecule has 3 atom stereocenters. The molecule has 216 valence electrons. The van der Waals surface area contributed by atoms with Gasteiger partial charge in [-0.05, 0) is 75.1 Å². The summed E-state index contributed by atoms with van der Waals surface area (Å²) in [6.45, 7) is 10.6. The van der Waals surface area contributed by atoms with Gasteiger partial charge in [-0.15, -0.1) is 0 Å². The number of amides is 1. The minimum atomic E-state index is -4.31. The first-order valence-electron chi connectivity index (χ1n) is 13.9. The molecule has 2 aliphatic heterocycles. The lowest BCUT2D eigenvalue weighted by Crippen LogP contribution is -2.41. The van der Waals surface area contributed by atoms with Crippen molar-refractivity contribution in [3.8, 4) is 0 Å². The second kappa shape index (κ2) is 9.80. The molecule has 1 saturated heterocycles. The average molecular weight is 570 g/mol. The van der Waals surface area contributed by atoms with Crippen molar-refractivity contribution in [1.82, 2.24) is 14.7 Å². The highest BCUT2D eigenvalue weighted by molar-refractivity contribution is 7.90. The van der Waals surface area contributed by atoms with Crippen LogP contribution in [0.15, 0.2) is 35.4 Å². The molecular formula is C29H39N5O5S. The molecule has 2 aromatic rings. The highest BCUT2D eigenvalue weighted by Gasteiger charge is 2.62. The van der Waals surface area contributed by atoms with E-state index in [1.807, 2.05) is 0 Å². The fraction of sp³-hybridized carbons (Fsp3) is 0.586. The minimum Gasteiger partial charge on any atom is -0.389 e. The largest absolute Gasteiger partial charge is 0.389 e. The number of carbonyl (C=O) groups is 2. The number of hydrogen-bond acceptors (Lipinski definition) is 9. The first-order chi connectivity index (χ1) is 18.6. The van der Waals surface area contributed by atoms with E-state index >= 15 is 0 Å². The number of anilines is 2. The molecule has 4 heterocycles. The van der Waals surface area contributed by atoms with E-state index < -0.39 is 22.5 Å². The summed E-state index contributed by atoms with van der Waals surface area (Å²) in [7, 11) is -4.31. The number of pyridine rings is 2. The molecule has 0 radical (unpaired) electrons. The monoisotopic (exact) mass is 569 g/mol. The lowest BCUT2D eigenvalue weighted by atomic mass is 9.90. The van der Waals surface area contributed by atoms with Crippen LogP contribution in [0.25, 0.3) is 0 Å². The second-order valence-electron chi connectivity index (χ2n) is 13.3. The number of sulfonamides is 1. The number of fused-ring (bicyclic) bond motifs is 5. The molecule has 3 aliphatic rings. The third-order valence-electron chi connectivity index (χ3n) is 8.58. The number of aliphatic hydroxyl groups is 1. The van der Waals surface area contributed by atoms with Crippen LogP contribution >= 0.6 is 0 Å². The summed E-state index contributed by atoms with van der Waals surface area (Å²) in [5, 5.41) is 12.3. The van der Waals surface area contributed by atoms with Crippen molar-refractivity contribution >= 4 is 33.3 Å². The van der Waals surface area contributed by atoms with Gasteiger partial charge in [-0.2, -0.15) is 8.42 Å². The number of nitrogens with zero attached hydrogens (tertiary/aromatic N) is 3. The quantitative estimate of drug-likeness (QED) is 0.507. The van der Waals surface area contributed by atoms with Crippen molar-refractivity contribution < 1.29 is 23.1 Å². The first kappa shape index (κ1) is 28.5. The SMILES string of the molecule is CC(C)(C)c1ccc2c(n1)N1CC3(CC3CCC(CC(=O)CO)Nc3cccc(n3)S(=O)(=O)NC2=O)CC1(C)C. The van der Waals surface area contributed by atoms with Crippen LogP contribution in [0.3, 0.4) is 0 Å². The van der Waals surface area contributed by atoms with E-state index in [1.54, 1.807) is 18.2 Å². The Labute approximate surface area is 236 Å². The Balaban J connectivity index is 1.60. The number of hydrogen-bond donors (Lipinski definition) is 3. The molecule has 40 heavy (non-hydrogen) atoms. The van der Waals surface area contributed by atoms with Crippen LogP contribution in [0, 0.1) is 11.3 Å². The summed E-state index contributed by atoms with van der Waals surface area (Å²) in [4.78, 5) is 37.2. The Morgan fingerprint density at radius 1 is 1.15 bits per heavy atom. The molecule has 1 amide bonds. The van der Waals surface area contributed by atoms with Crippen molar-refractivity contribution in [3.05, 3.63) is 41.6 Å². The topological polar surface area (TPSA) is 142 Å². The Morgan fingerprint density at radius 3 is 2.60 bits per heavy atom. The molecule has 2 aromatic heterocycles. The van der Waals surface area contributed by atoms with E-state index in [0.29, 0.717) is 24.7 Å². The summed E-state index contributed by atoms with van der Waals surface area (Å²) in [5.74, 6) is 0.175. The molecule has 4 bridgehead atoms. The molecule has 3 N–H and O–H groups in total. The molecule has 1 spiro atoms. The van der Waals surface area contributed by atoms with E-state index in [1.165, 1.54) is 12.1 Å². The minimum absolute atomic E-state index is 0.0590. The van der Waals surface area contributed by atoms with E-state index in [0.717, 1.165) is 25.0 Å². The third kappa shape index (κ3) is 5.45. The van der Waals surface area contributed by atoms with Gasteiger partial charge >= 0.3 is 0 Å².